The molecule has 2 rings (SSSR count). The fraction of sp³-hybridized carbons (Fsp3) is 0.818. The molecule has 1 aliphatic heterocycles. The molecule has 1 unspecified atom stereocenters. The highest BCUT2D eigenvalue weighted by atomic mass is 15.3. The van der Waals surface area contributed by atoms with Crippen molar-refractivity contribution < 1.29 is 0 Å². The van der Waals surface area contributed by atoms with E-state index in [-0.39, 0.29) is 0 Å². The van der Waals surface area contributed by atoms with Gasteiger partial charge in [-0.2, -0.15) is 0 Å². The van der Waals surface area contributed by atoms with E-state index in [1.807, 2.05) is 6.92 Å². The molecule has 1 saturated heterocycles. The SMILES string of the molecule is Cc1nnc(C(C)C2CNC2)n1C(C)C. The molecule has 0 aromatic carbocycles. The van der Waals surface area contributed by atoms with Gasteiger partial charge in [-0.3, -0.25) is 0 Å². The summed E-state index contributed by atoms with van der Waals surface area (Å²) < 4.78 is 2.25. The zero-order valence-corrected chi connectivity index (χ0v) is 9.99. The Bertz CT molecular complexity index is 338. The van der Waals surface area contributed by atoms with Crippen LogP contribution in [0.3, 0.4) is 0 Å². The minimum atomic E-state index is 0.450. The van der Waals surface area contributed by atoms with E-state index in [0.717, 1.165) is 30.7 Å². The Morgan fingerprint density at radius 2 is 1.93 bits per heavy atom. The molecule has 0 radical (unpaired) electrons. The highest BCUT2D eigenvalue weighted by molar-refractivity contribution is 5.05. The number of hydrogen-bond acceptors (Lipinski definition) is 3. The molecule has 0 bridgehead atoms. The first-order chi connectivity index (χ1) is 7.11. The Kier molecular flexibility index (Phi) is 2.78. The van der Waals surface area contributed by atoms with E-state index in [9.17, 15) is 0 Å². The molecule has 1 aromatic rings. The predicted molar refractivity (Wildman–Crippen MR) is 59.9 cm³/mol. The van der Waals surface area contributed by atoms with Gasteiger partial charge in [0.05, 0.1) is 0 Å². The lowest BCUT2D eigenvalue weighted by molar-refractivity contribution is 0.288. The lowest BCUT2D eigenvalue weighted by Gasteiger charge is -2.32. The van der Waals surface area contributed by atoms with Gasteiger partial charge in [0.25, 0.3) is 0 Å². The van der Waals surface area contributed by atoms with E-state index in [2.05, 4.69) is 40.9 Å². The van der Waals surface area contributed by atoms with Crippen molar-refractivity contribution in [1.82, 2.24) is 20.1 Å². The smallest absolute Gasteiger partial charge is 0.136 e. The number of aromatic nitrogens is 3. The molecule has 0 amide bonds. The van der Waals surface area contributed by atoms with Crippen molar-refractivity contribution in [2.24, 2.45) is 5.92 Å². The summed E-state index contributed by atoms with van der Waals surface area (Å²) in [5, 5.41) is 11.8. The quantitative estimate of drug-likeness (QED) is 0.818. The van der Waals surface area contributed by atoms with E-state index in [0.29, 0.717) is 12.0 Å². The molecule has 0 aliphatic carbocycles. The fourth-order valence-corrected chi connectivity index (χ4v) is 2.21. The zero-order chi connectivity index (χ0) is 11.0. The third-order valence-corrected chi connectivity index (χ3v) is 3.34. The second-order valence-corrected chi connectivity index (χ2v) is 4.78. The summed E-state index contributed by atoms with van der Waals surface area (Å²) >= 11 is 0. The summed E-state index contributed by atoms with van der Waals surface area (Å²) in [6.07, 6.45) is 0. The van der Waals surface area contributed by atoms with Crippen LogP contribution in [0.1, 0.15) is 44.4 Å². The molecule has 1 atom stereocenters. The number of nitrogens with zero attached hydrogens (tertiary/aromatic N) is 3. The Balaban J connectivity index is 2.26. The van der Waals surface area contributed by atoms with Crippen LogP contribution in [0.15, 0.2) is 0 Å². The third kappa shape index (κ3) is 1.78. The van der Waals surface area contributed by atoms with Crippen LogP contribution >= 0.6 is 0 Å². The van der Waals surface area contributed by atoms with E-state index < -0.39 is 0 Å². The van der Waals surface area contributed by atoms with Crippen LogP contribution in [0.5, 0.6) is 0 Å². The minimum Gasteiger partial charge on any atom is -0.316 e. The van der Waals surface area contributed by atoms with Crippen LogP contribution in [-0.2, 0) is 0 Å². The van der Waals surface area contributed by atoms with Gasteiger partial charge in [-0.15, -0.1) is 10.2 Å². The van der Waals surface area contributed by atoms with Crippen molar-refractivity contribution in [1.29, 1.82) is 0 Å². The molecule has 15 heavy (non-hydrogen) atoms. The molecule has 1 N–H and O–H groups in total. The van der Waals surface area contributed by atoms with Crippen molar-refractivity contribution in [3.63, 3.8) is 0 Å². The lowest BCUT2D eigenvalue weighted by Crippen LogP contribution is -2.45. The van der Waals surface area contributed by atoms with Gasteiger partial charge in [0.1, 0.15) is 11.6 Å². The van der Waals surface area contributed by atoms with Crippen molar-refractivity contribution in [2.75, 3.05) is 13.1 Å². The first-order valence-electron chi connectivity index (χ1n) is 5.73. The van der Waals surface area contributed by atoms with Gasteiger partial charge in [0.15, 0.2) is 0 Å². The molecular weight excluding hydrogens is 188 g/mol. The summed E-state index contributed by atoms with van der Waals surface area (Å²) in [5.74, 6) is 3.41. The second kappa shape index (κ2) is 3.93. The van der Waals surface area contributed by atoms with E-state index >= 15 is 0 Å². The molecule has 1 aliphatic rings. The van der Waals surface area contributed by atoms with Crippen LogP contribution < -0.4 is 5.32 Å². The highest BCUT2D eigenvalue weighted by Gasteiger charge is 2.29. The number of rotatable bonds is 3. The molecule has 2 heterocycles. The third-order valence-electron chi connectivity index (χ3n) is 3.34. The first-order valence-corrected chi connectivity index (χ1v) is 5.73. The molecule has 84 valence electrons. The Hall–Kier alpha value is -0.900. The van der Waals surface area contributed by atoms with Crippen LogP contribution in [0.2, 0.25) is 0 Å². The molecule has 0 saturated carbocycles. The molecule has 4 heteroatoms. The van der Waals surface area contributed by atoms with E-state index in [1.54, 1.807) is 0 Å². The van der Waals surface area contributed by atoms with Crippen molar-refractivity contribution in [3.8, 4) is 0 Å². The molecule has 1 fully saturated rings. The normalized spacial score (nSPS) is 19.3. The summed E-state index contributed by atoms with van der Waals surface area (Å²) in [7, 11) is 0. The van der Waals surface area contributed by atoms with Gasteiger partial charge in [-0.1, -0.05) is 6.92 Å². The van der Waals surface area contributed by atoms with Crippen molar-refractivity contribution in [3.05, 3.63) is 11.6 Å². The Labute approximate surface area is 91.1 Å². The predicted octanol–water partition coefficient (Wildman–Crippen LogP) is 1.49. The summed E-state index contributed by atoms with van der Waals surface area (Å²) in [5.41, 5.74) is 0. The van der Waals surface area contributed by atoms with Gasteiger partial charge < -0.3 is 9.88 Å². The van der Waals surface area contributed by atoms with Gasteiger partial charge in [-0.05, 0) is 39.8 Å². The van der Waals surface area contributed by atoms with Crippen molar-refractivity contribution >= 4 is 0 Å². The van der Waals surface area contributed by atoms with Crippen LogP contribution in [0.25, 0.3) is 0 Å². The standard InChI is InChI=1S/C11H20N4/c1-7(2)15-9(4)13-14-11(15)8(3)10-5-12-6-10/h7-8,10,12H,5-6H2,1-4H3. The van der Waals surface area contributed by atoms with E-state index in [1.165, 1.54) is 0 Å². The van der Waals surface area contributed by atoms with Crippen LogP contribution in [-0.4, -0.2) is 27.9 Å². The minimum absolute atomic E-state index is 0.450. The summed E-state index contributed by atoms with van der Waals surface area (Å²) in [6.45, 7) is 10.9. The number of aryl methyl sites for hydroxylation is 1. The Morgan fingerprint density at radius 1 is 1.27 bits per heavy atom. The van der Waals surface area contributed by atoms with Crippen LogP contribution in [0, 0.1) is 12.8 Å². The fourth-order valence-electron chi connectivity index (χ4n) is 2.21. The maximum atomic E-state index is 4.32. The van der Waals surface area contributed by atoms with Gasteiger partial charge in [-0.25, -0.2) is 0 Å². The summed E-state index contributed by atoms with van der Waals surface area (Å²) in [6, 6.07) is 0.450. The molecule has 4 nitrogen and oxygen atoms in total. The number of hydrogen-bond donors (Lipinski definition) is 1. The maximum Gasteiger partial charge on any atom is 0.136 e. The summed E-state index contributed by atoms with van der Waals surface area (Å²) in [4.78, 5) is 0. The zero-order valence-electron chi connectivity index (χ0n) is 9.99. The average molecular weight is 208 g/mol. The molecule has 0 spiro atoms. The van der Waals surface area contributed by atoms with E-state index in [4.69, 9.17) is 0 Å². The molecule has 1 aromatic heterocycles. The van der Waals surface area contributed by atoms with Gasteiger partial charge >= 0.3 is 0 Å². The topological polar surface area (TPSA) is 42.7 Å². The number of nitrogens with one attached hydrogen (secondary N) is 1. The lowest BCUT2D eigenvalue weighted by atomic mass is 9.88. The largest absolute Gasteiger partial charge is 0.316 e. The highest BCUT2D eigenvalue weighted by Crippen LogP contribution is 2.27. The monoisotopic (exact) mass is 208 g/mol. The van der Waals surface area contributed by atoms with Gasteiger partial charge in [0.2, 0.25) is 0 Å². The maximum absolute atomic E-state index is 4.32. The van der Waals surface area contributed by atoms with Crippen molar-refractivity contribution in [2.45, 2.75) is 39.7 Å². The second-order valence-electron chi connectivity index (χ2n) is 4.78. The Morgan fingerprint density at radius 3 is 2.40 bits per heavy atom. The average Bonchev–Trinajstić information content (AvgIpc) is 2.43. The van der Waals surface area contributed by atoms with Gasteiger partial charge in [0, 0.05) is 12.0 Å². The van der Waals surface area contributed by atoms with Crippen LogP contribution in [0.4, 0.5) is 0 Å². The molecular formula is C11H20N4. The first kappa shape index (κ1) is 10.6.